The third kappa shape index (κ3) is 3.97. The number of carbonyl (C=O) groups excluding carboxylic acids is 1. The van der Waals surface area contributed by atoms with Gasteiger partial charge in [-0.25, -0.2) is 4.79 Å². The number of halogens is 1. The van der Waals surface area contributed by atoms with Gasteiger partial charge in [-0.05, 0) is 49.7 Å². The van der Waals surface area contributed by atoms with Gasteiger partial charge in [-0.3, -0.25) is 0 Å². The molecule has 0 N–H and O–H groups in total. The van der Waals surface area contributed by atoms with Gasteiger partial charge >= 0.3 is 5.97 Å². The Morgan fingerprint density at radius 1 is 1.42 bits per heavy atom. The molecule has 0 aliphatic heterocycles. The Morgan fingerprint density at radius 3 is 2.58 bits per heavy atom. The van der Waals surface area contributed by atoms with Crippen LogP contribution in [-0.2, 0) is 9.53 Å². The summed E-state index contributed by atoms with van der Waals surface area (Å²) >= 11 is 5.94. The van der Waals surface area contributed by atoms with Crippen molar-refractivity contribution >= 4 is 17.6 Å². The van der Waals surface area contributed by atoms with E-state index < -0.39 is 5.97 Å². The monoisotopic (exact) mass is 282 g/mol. The van der Waals surface area contributed by atoms with Gasteiger partial charge in [-0.15, -0.1) is 0 Å². The van der Waals surface area contributed by atoms with Crippen molar-refractivity contribution < 1.29 is 9.53 Å². The summed E-state index contributed by atoms with van der Waals surface area (Å²) in [4.78, 5) is 11.3. The van der Waals surface area contributed by atoms with E-state index in [0.29, 0.717) is 0 Å². The lowest BCUT2D eigenvalue weighted by Crippen LogP contribution is -2.19. The SMILES string of the molecule is COC(=O)/C(Cl)=C(C)\C=C\C1=C(C)CCCC1(C)C. The number of hydrogen-bond donors (Lipinski definition) is 0. The molecule has 3 heteroatoms. The number of hydrogen-bond acceptors (Lipinski definition) is 2. The third-order valence-electron chi connectivity index (χ3n) is 3.75. The summed E-state index contributed by atoms with van der Waals surface area (Å²) in [5.41, 5.74) is 3.70. The zero-order valence-corrected chi connectivity index (χ0v) is 13.2. The van der Waals surface area contributed by atoms with Crippen LogP contribution in [0.4, 0.5) is 0 Å². The molecule has 0 bridgehead atoms. The van der Waals surface area contributed by atoms with Crippen LogP contribution in [0.15, 0.2) is 33.9 Å². The van der Waals surface area contributed by atoms with Crippen LogP contribution in [0.2, 0.25) is 0 Å². The third-order valence-corrected chi connectivity index (χ3v) is 4.21. The first-order valence-electron chi connectivity index (χ1n) is 6.62. The van der Waals surface area contributed by atoms with Crippen LogP contribution in [0, 0.1) is 5.41 Å². The van der Waals surface area contributed by atoms with E-state index in [4.69, 9.17) is 11.6 Å². The first kappa shape index (κ1) is 16.0. The van der Waals surface area contributed by atoms with Gasteiger partial charge in [0.25, 0.3) is 0 Å². The van der Waals surface area contributed by atoms with Crippen LogP contribution in [0.25, 0.3) is 0 Å². The zero-order valence-electron chi connectivity index (χ0n) is 12.5. The molecule has 0 aromatic carbocycles. The standard InChI is InChI=1S/C16H23ClO2/c1-11-7-6-10-16(3,4)13(11)9-8-12(2)14(17)15(18)19-5/h8-9H,6-7,10H2,1-5H3/b9-8+,14-12+. The maximum atomic E-state index is 11.3. The number of allylic oxidation sites excluding steroid dienone is 5. The molecule has 0 saturated carbocycles. The van der Waals surface area contributed by atoms with Gasteiger partial charge in [0.15, 0.2) is 0 Å². The summed E-state index contributed by atoms with van der Waals surface area (Å²) < 4.78 is 4.61. The molecule has 106 valence electrons. The molecule has 0 heterocycles. The second kappa shape index (κ2) is 6.42. The van der Waals surface area contributed by atoms with E-state index in [9.17, 15) is 4.79 Å². The van der Waals surface area contributed by atoms with Crippen molar-refractivity contribution in [3.63, 3.8) is 0 Å². The van der Waals surface area contributed by atoms with E-state index in [0.717, 1.165) is 12.0 Å². The van der Waals surface area contributed by atoms with Crippen LogP contribution < -0.4 is 0 Å². The summed E-state index contributed by atoms with van der Waals surface area (Å²) in [6.45, 7) is 8.52. The number of methoxy groups -OCH3 is 1. The first-order valence-corrected chi connectivity index (χ1v) is 7.00. The van der Waals surface area contributed by atoms with Gasteiger partial charge < -0.3 is 4.74 Å². The Hall–Kier alpha value is -1.02. The minimum absolute atomic E-state index is 0.144. The van der Waals surface area contributed by atoms with E-state index in [1.165, 1.54) is 31.1 Å². The summed E-state index contributed by atoms with van der Waals surface area (Å²) in [6, 6.07) is 0. The molecule has 0 atom stereocenters. The predicted molar refractivity (Wildman–Crippen MR) is 80.0 cm³/mol. The average Bonchev–Trinajstić information content (AvgIpc) is 2.35. The minimum Gasteiger partial charge on any atom is -0.465 e. The number of ether oxygens (including phenoxy) is 1. The van der Waals surface area contributed by atoms with Gasteiger partial charge in [0, 0.05) is 0 Å². The van der Waals surface area contributed by atoms with Crippen LogP contribution >= 0.6 is 11.6 Å². The maximum absolute atomic E-state index is 11.3. The number of esters is 1. The molecule has 19 heavy (non-hydrogen) atoms. The van der Waals surface area contributed by atoms with E-state index in [2.05, 4.69) is 31.6 Å². The molecular weight excluding hydrogens is 260 g/mol. The molecule has 0 aromatic rings. The fourth-order valence-corrected chi connectivity index (χ4v) is 2.68. The molecule has 0 amide bonds. The summed E-state index contributed by atoms with van der Waals surface area (Å²) in [7, 11) is 1.33. The van der Waals surface area contributed by atoms with Crippen LogP contribution in [0.5, 0.6) is 0 Å². The zero-order chi connectivity index (χ0) is 14.6. The lowest BCUT2D eigenvalue weighted by molar-refractivity contribution is -0.135. The normalized spacial score (nSPS) is 20.5. The van der Waals surface area contributed by atoms with Crippen LogP contribution in [-0.4, -0.2) is 13.1 Å². The maximum Gasteiger partial charge on any atom is 0.349 e. The van der Waals surface area contributed by atoms with Crippen molar-refractivity contribution in [2.45, 2.75) is 47.0 Å². The topological polar surface area (TPSA) is 26.3 Å². The Kier molecular flexibility index (Phi) is 5.42. The van der Waals surface area contributed by atoms with Crippen molar-refractivity contribution in [2.24, 2.45) is 5.41 Å². The first-order chi connectivity index (χ1) is 8.79. The van der Waals surface area contributed by atoms with Gasteiger partial charge in [0.05, 0.1) is 7.11 Å². The highest BCUT2D eigenvalue weighted by Crippen LogP contribution is 2.40. The molecular formula is C16H23ClO2. The second-order valence-corrected chi connectivity index (χ2v) is 6.13. The molecule has 1 rings (SSSR count). The van der Waals surface area contributed by atoms with Crippen molar-refractivity contribution in [3.05, 3.63) is 33.9 Å². The Balaban J connectivity index is 3.01. The van der Waals surface area contributed by atoms with Crippen LogP contribution in [0.1, 0.15) is 47.0 Å². The molecule has 0 saturated heterocycles. The smallest absolute Gasteiger partial charge is 0.349 e. The number of carbonyl (C=O) groups is 1. The summed E-state index contributed by atoms with van der Waals surface area (Å²) in [6.07, 6.45) is 7.59. The van der Waals surface area contributed by atoms with Crippen molar-refractivity contribution in [1.82, 2.24) is 0 Å². The van der Waals surface area contributed by atoms with E-state index in [-0.39, 0.29) is 10.4 Å². The van der Waals surface area contributed by atoms with Gasteiger partial charge in [0.2, 0.25) is 0 Å². The lowest BCUT2D eigenvalue weighted by Gasteiger charge is -2.32. The van der Waals surface area contributed by atoms with Gasteiger partial charge in [-0.2, -0.15) is 0 Å². The lowest BCUT2D eigenvalue weighted by atomic mass is 9.72. The highest BCUT2D eigenvalue weighted by molar-refractivity contribution is 6.41. The van der Waals surface area contributed by atoms with E-state index in [1.54, 1.807) is 0 Å². The van der Waals surface area contributed by atoms with E-state index >= 15 is 0 Å². The summed E-state index contributed by atoms with van der Waals surface area (Å²) in [5, 5.41) is 0.144. The highest BCUT2D eigenvalue weighted by Gasteiger charge is 2.26. The fraction of sp³-hybridized carbons (Fsp3) is 0.562. The molecule has 0 fully saturated rings. The highest BCUT2D eigenvalue weighted by atomic mass is 35.5. The second-order valence-electron chi connectivity index (χ2n) is 5.75. The Bertz CT molecular complexity index is 453. The quantitative estimate of drug-likeness (QED) is 0.424. The fourth-order valence-electron chi connectivity index (χ4n) is 2.54. The molecule has 0 spiro atoms. The molecule has 1 aliphatic carbocycles. The van der Waals surface area contributed by atoms with E-state index in [1.807, 2.05) is 13.0 Å². The number of rotatable bonds is 3. The Labute approximate surface area is 121 Å². The van der Waals surface area contributed by atoms with Crippen molar-refractivity contribution in [3.8, 4) is 0 Å². The van der Waals surface area contributed by atoms with Crippen molar-refractivity contribution in [1.29, 1.82) is 0 Å². The molecule has 0 aromatic heterocycles. The molecule has 2 nitrogen and oxygen atoms in total. The largest absolute Gasteiger partial charge is 0.465 e. The minimum atomic E-state index is -0.488. The van der Waals surface area contributed by atoms with Gasteiger partial charge in [-0.1, -0.05) is 43.2 Å². The van der Waals surface area contributed by atoms with Crippen LogP contribution in [0.3, 0.4) is 0 Å². The van der Waals surface area contributed by atoms with Crippen molar-refractivity contribution in [2.75, 3.05) is 7.11 Å². The average molecular weight is 283 g/mol. The molecule has 1 aliphatic rings. The van der Waals surface area contributed by atoms with Gasteiger partial charge in [0.1, 0.15) is 5.03 Å². The summed E-state index contributed by atoms with van der Waals surface area (Å²) in [5.74, 6) is -0.488. The molecule has 0 radical (unpaired) electrons. The Morgan fingerprint density at radius 2 is 2.05 bits per heavy atom. The molecule has 0 unspecified atom stereocenters. The predicted octanol–water partition coefficient (Wildman–Crippen LogP) is 4.76.